The maximum absolute atomic E-state index is 5.94. The molecule has 4 heteroatoms. The van der Waals surface area contributed by atoms with E-state index in [0.717, 1.165) is 34.9 Å². The van der Waals surface area contributed by atoms with E-state index in [0.29, 0.717) is 5.82 Å². The van der Waals surface area contributed by atoms with Gasteiger partial charge in [0.05, 0.1) is 11.9 Å². The maximum atomic E-state index is 5.94. The Morgan fingerprint density at radius 2 is 1.87 bits per heavy atom. The SMILES string of the molecule is CCC(C)CCc1ccc(-c2nc(N)cn3cc(C)nc23)cc1. The highest BCUT2D eigenvalue weighted by Crippen LogP contribution is 2.24. The molecule has 2 heterocycles. The number of aryl methyl sites for hydroxylation is 2. The molecule has 23 heavy (non-hydrogen) atoms. The zero-order valence-corrected chi connectivity index (χ0v) is 14.1. The molecule has 0 fully saturated rings. The standard InChI is InChI=1S/C19H24N4/c1-4-13(2)5-6-15-7-9-16(10-8-15)18-19-21-14(3)11-23(19)12-17(20)22-18/h7-13H,4-6,20H2,1-3H3. The zero-order valence-electron chi connectivity index (χ0n) is 14.1. The predicted octanol–water partition coefficient (Wildman–Crippen LogP) is 4.27. The summed E-state index contributed by atoms with van der Waals surface area (Å²) in [6.45, 7) is 6.53. The summed E-state index contributed by atoms with van der Waals surface area (Å²) in [5, 5.41) is 0. The minimum absolute atomic E-state index is 0.505. The third kappa shape index (κ3) is 3.36. The smallest absolute Gasteiger partial charge is 0.163 e. The van der Waals surface area contributed by atoms with Crippen LogP contribution < -0.4 is 5.73 Å². The summed E-state index contributed by atoms with van der Waals surface area (Å²) in [5.41, 5.74) is 11.0. The van der Waals surface area contributed by atoms with Gasteiger partial charge in [-0.15, -0.1) is 0 Å². The number of fused-ring (bicyclic) bond motifs is 1. The first-order valence-corrected chi connectivity index (χ1v) is 8.28. The molecule has 1 atom stereocenters. The molecule has 0 aliphatic carbocycles. The summed E-state index contributed by atoms with van der Waals surface area (Å²) in [6, 6.07) is 8.62. The van der Waals surface area contributed by atoms with Crippen LogP contribution in [0.25, 0.3) is 16.9 Å². The molecular weight excluding hydrogens is 284 g/mol. The number of anilines is 1. The van der Waals surface area contributed by atoms with E-state index in [1.165, 1.54) is 18.4 Å². The number of hydrogen-bond acceptors (Lipinski definition) is 3. The second-order valence-electron chi connectivity index (χ2n) is 6.38. The van der Waals surface area contributed by atoms with Gasteiger partial charge < -0.3 is 10.1 Å². The van der Waals surface area contributed by atoms with Crippen LogP contribution in [0.15, 0.2) is 36.7 Å². The first-order valence-electron chi connectivity index (χ1n) is 8.28. The van der Waals surface area contributed by atoms with Gasteiger partial charge in [-0.25, -0.2) is 9.97 Å². The lowest BCUT2D eigenvalue weighted by molar-refractivity contribution is 0.516. The molecule has 0 aliphatic rings. The average Bonchev–Trinajstić information content (AvgIpc) is 2.92. The van der Waals surface area contributed by atoms with Crippen molar-refractivity contribution in [2.24, 2.45) is 5.92 Å². The lowest BCUT2D eigenvalue weighted by Crippen LogP contribution is -1.99. The average molecular weight is 308 g/mol. The summed E-state index contributed by atoms with van der Waals surface area (Å²) >= 11 is 0. The summed E-state index contributed by atoms with van der Waals surface area (Å²) in [6.07, 6.45) is 7.37. The van der Waals surface area contributed by atoms with Crippen LogP contribution in [-0.2, 0) is 6.42 Å². The Labute approximate surface area is 137 Å². The highest BCUT2D eigenvalue weighted by Gasteiger charge is 2.10. The lowest BCUT2D eigenvalue weighted by Gasteiger charge is -2.09. The van der Waals surface area contributed by atoms with Gasteiger partial charge >= 0.3 is 0 Å². The quantitative estimate of drug-likeness (QED) is 0.766. The van der Waals surface area contributed by atoms with Crippen molar-refractivity contribution >= 4 is 11.5 Å². The van der Waals surface area contributed by atoms with Crippen molar-refractivity contribution in [1.82, 2.24) is 14.4 Å². The van der Waals surface area contributed by atoms with Gasteiger partial charge in [0.15, 0.2) is 5.65 Å². The first-order chi connectivity index (χ1) is 11.1. The molecule has 0 saturated carbocycles. The van der Waals surface area contributed by atoms with Crippen molar-refractivity contribution in [2.75, 3.05) is 5.73 Å². The number of nitrogens with zero attached hydrogens (tertiary/aromatic N) is 3. The fourth-order valence-corrected chi connectivity index (χ4v) is 2.78. The minimum Gasteiger partial charge on any atom is -0.382 e. The molecular formula is C19H24N4. The second kappa shape index (κ2) is 6.41. The van der Waals surface area contributed by atoms with Crippen molar-refractivity contribution < 1.29 is 0 Å². The van der Waals surface area contributed by atoms with Crippen molar-refractivity contribution in [3.63, 3.8) is 0 Å². The van der Waals surface area contributed by atoms with Crippen molar-refractivity contribution in [3.05, 3.63) is 47.9 Å². The molecule has 0 aliphatic heterocycles. The molecule has 1 unspecified atom stereocenters. The molecule has 2 N–H and O–H groups in total. The highest BCUT2D eigenvalue weighted by molar-refractivity contribution is 5.75. The first kappa shape index (κ1) is 15.5. The van der Waals surface area contributed by atoms with E-state index < -0.39 is 0 Å². The van der Waals surface area contributed by atoms with Crippen molar-refractivity contribution in [3.8, 4) is 11.3 Å². The van der Waals surface area contributed by atoms with Crippen LogP contribution in [0.2, 0.25) is 0 Å². The summed E-state index contributed by atoms with van der Waals surface area (Å²) in [4.78, 5) is 9.07. The molecule has 0 saturated heterocycles. The van der Waals surface area contributed by atoms with E-state index in [1.54, 1.807) is 6.20 Å². The number of hydrogen-bond donors (Lipinski definition) is 1. The molecule has 0 spiro atoms. The normalized spacial score (nSPS) is 12.7. The van der Waals surface area contributed by atoms with Gasteiger partial charge in [0.25, 0.3) is 0 Å². The number of benzene rings is 1. The number of aromatic nitrogens is 3. The van der Waals surface area contributed by atoms with Gasteiger partial charge in [-0.05, 0) is 31.2 Å². The highest BCUT2D eigenvalue weighted by atomic mass is 15.0. The Kier molecular flexibility index (Phi) is 4.33. The number of nitrogen functional groups attached to an aromatic ring is 1. The molecule has 0 bridgehead atoms. The van der Waals surface area contributed by atoms with Crippen LogP contribution in [0.1, 0.15) is 37.9 Å². The number of nitrogens with two attached hydrogens (primary N) is 1. The van der Waals surface area contributed by atoms with Gasteiger partial charge in [-0.1, -0.05) is 44.5 Å². The summed E-state index contributed by atoms with van der Waals surface area (Å²) in [7, 11) is 0. The topological polar surface area (TPSA) is 56.2 Å². The molecule has 0 amide bonds. The summed E-state index contributed by atoms with van der Waals surface area (Å²) in [5.74, 6) is 1.28. The van der Waals surface area contributed by atoms with Crippen LogP contribution in [0.4, 0.5) is 5.82 Å². The molecule has 0 radical (unpaired) electrons. The Balaban J connectivity index is 1.90. The molecule has 1 aromatic carbocycles. The Hall–Kier alpha value is -2.36. The van der Waals surface area contributed by atoms with E-state index in [4.69, 9.17) is 5.73 Å². The molecule has 4 nitrogen and oxygen atoms in total. The van der Waals surface area contributed by atoms with Crippen LogP contribution in [0, 0.1) is 12.8 Å². The fraction of sp³-hybridized carbons (Fsp3) is 0.368. The van der Waals surface area contributed by atoms with Crippen LogP contribution in [-0.4, -0.2) is 14.4 Å². The van der Waals surface area contributed by atoms with Gasteiger partial charge in [-0.3, -0.25) is 0 Å². The van der Waals surface area contributed by atoms with Gasteiger partial charge in [0, 0.05) is 11.8 Å². The molecule has 3 rings (SSSR count). The monoisotopic (exact) mass is 308 g/mol. The van der Waals surface area contributed by atoms with E-state index in [-0.39, 0.29) is 0 Å². The van der Waals surface area contributed by atoms with Crippen LogP contribution in [0.3, 0.4) is 0 Å². The third-order valence-corrected chi connectivity index (χ3v) is 4.43. The van der Waals surface area contributed by atoms with E-state index in [9.17, 15) is 0 Å². The van der Waals surface area contributed by atoms with Gasteiger partial charge in [-0.2, -0.15) is 0 Å². The third-order valence-electron chi connectivity index (χ3n) is 4.43. The Bertz CT molecular complexity index is 802. The molecule has 120 valence electrons. The predicted molar refractivity (Wildman–Crippen MR) is 95.3 cm³/mol. The zero-order chi connectivity index (χ0) is 16.4. The fourth-order valence-electron chi connectivity index (χ4n) is 2.78. The largest absolute Gasteiger partial charge is 0.382 e. The van der Waals surface area contributed by atoms with E-state index >= 15 is 0 Å². The summed E-state index contributed by atoms with van der Waals surface area (Å²) < 4.78 is 1.95. The van der Waals surface area contributed by atoms with Gasteiger partial charge in [0.2, 0.25) is 0 Å². The van der Waals surface area contributed by atoms with Crippen LogP contribution >= 0.6 is 0 Å². The molecule has 3 aromatic rings. The van der Waals surface area contributed by atoms with Crippen LogP contribution in [0.5, 0.6) is 0 Å². The Morgan fingerprint density at radius 3 is 2.57 bits per heavy atom. The number of rotatable bonds is 5. The van der Waals surface area contributed by atoms with E-state index in [1.807, 2.05) is 17.5 Å². The minimum atomic E-state index is 0.505. The second-order valence-corrected chi connectivity index (χ2v) is 6.38. The van der Waals surface area contributed by atoms with Gasteiger partial charge in [0.1, 0.15) is 11.5 Å². The maximum Gasteiger partial charge on any atom is 0.163 e. The van der Waals surface area contributed by atoms with Crippen molar-refractivity contribution in [2.45, 2.75) is 40.0 Å². The molecule has 2 aromatic heterocycles. The van der Waals surface area contributed by atoms with E-state index in [2.05, 4.69) is 48.1 Å². The van der Waals surface area contributed by atoms with Crippen molar-refractivity contribution in [1.29, 1.82) is 0 Å². The lowest BCUT2D eigenvalue weighted by atomic mass is 9.98. The number of imidazole rings is 1. The Morgan fingerprint density at radius 1 is 1.13 bits per heavy atom.